The molecule has 0 aliphatic rings. The van der Waals surface area contributed by atoms with Crippen LogP contribution in [0.5, 0.6) is 0 Å². The first-order valence-corrected chi connectivity index (χ1v) is 4.35. The number of hydrogen-bond acceptors (Lipinski definition) is 3. The highest BCUT2D eigenvalue weighted by molar-refractivity contribution is 7.14. The molecule has 0 aliphatic heterocycles. The van der Waals surface area contributed by atoms with Gasteiger partial charge >= 0.3 is 0 Å². The average Bonchev–Trinajstić information content (AvgIpc) is 2.51. The lowest BCUT2D eigenvalue weighted by Crippen LogP contribution is -2.08. The summed E-state index contributed by atoms with van der Waals surface area (Å²) in [6.45, 7) is 3.80. The molecule has 0 unspecified atom stereocenters. The summed E-state index contributed by atoms with van der Waals surface area (Å²) in [6, 6.07) is 1.89. The van der Waals surface area contributed by atoms with E-state index in [0.29, 0.717) is 6.54 Å². The Bertz CT molecular complexity index is 293. The summed E-state index contributed by atoms with van der Waals surface area (Å²) in [5.74, 6) is -0.202. The lowest BCUT2D eigenvalue weighted by molar-refractivity contribution is -0.111. The van der Waals surface area contributed by atoms with E-state index in [4.69, 9.17) is 5.73 Å². The van der Waals surface area contributed by atoms with Gasteiger partial charge in [0.1, 0.15) is 0 Å². The molecule has 3 nitrogen and oxygen atoms in total. The van der Waals surface area contributed by atoms with Crippen LogP contribution in [-0.4, -0.2) is 5.91 Å². The van der Waals surface area contributed by atoms with Crippen LogP contribution in [0.25, 0.3) is 0 Å². The van der Waals surface area contributed by atoms with E-state index in [2.05, 4.69) is 11.9 Å². The molecular formula is C8H10N2OS. The molecule has 1 aromatic heterocycles. The van der Waals surface area contributed by atoms with Crippen LogP contribution in [0.2, 0.25) is 0 Å². The summed E-state index contributed by atoms with van der Waals surface area (Å²) in [5, 5.41) is 5.37. The van der Waals surface area contributed by atoms with Gasteiger partial charge in [0.25, 0.3) is 0 Å². The van der Waals surface area contributed by atoms with Gasteiger partial charge in [0.15, 0.2) is 0 Å². The molecule has 0 aromatic carbocycles. The Kier molecular flexibility index (Phi) is 3.01. The van der Waals surface area contributed by atoms with Gasteiger partial charge in [0.05, 0.1) is 5.00 Å². The zero-order chi connectivity index (χ0) is 8.97. The predicted octanol–water partition coefficient (Wildman–Crippen LogP) is 1.33. The Hall–Kier alpha value is -1.13. The molecule has 3 N–H and O–H groups in total. The standard InChI is InChI=1S/C8H10N2OS/c1-2-7(11)10-8-6(5-9)3-4-12-8/h2-4H,1,5,9H2,(H,10,11). The van der Waals surface area contributed by atoms with E-state index in [1.807, 2.05) is 11.4 Å². The van der Waals surface area contributed by atoms with Crippen LogP contribution in [0.3, 0.4) is 0 Å². The van der Waals surface area contributed by atoms with Crippen LogP contribution in [0.15, 0.2) is 24.1 Å². The summed E-state index contributed by atoms with van der Waals surface area (Å²) in [5.41, 5.74) is 6.40. The molecule has 1 aromatic rings. The molecule has 0 bridgehead atoms. The van der Waals surface area contributed by atoms with Crippen molar-refractivity contribution in [2.45, 2.75) is 6.54 Å². The molecular weight excluding hydrogens is 172 g/mol. The number of amides is 1. The number of carbonyl (C=O) groups excluding carboxylic acids is 1. The Labute approximate surface area is 74.9 Å². The monoisotopic (exact) mass is 182 g/mol. The molecule has 12 heavy (non-hydrogen) atoms. The van der Waals surface area contributed by atoms with Crippen molar-refractivity contribution >= 4 is 22.2 Å². The fraction of sp³-hybridized carbons (Fsp3) is 0.125. The summed E-state index contributed by atoms with van der Waals surface area (Å²) in [4.78, 5) is 10.9. The fourth-order valence-electron chi connectivity index (χ4n) is 0.769. The molecule has 0 spiro atoms. The van der Waals surface area contributed by atoms with Gasteiger partial charge in [-0.3, -0.25) is 4.79 Å². The van der Waals surface area contributed by atoms with Crippen molar-refractivity contribution in [2.24, 2.45) is 5.73 Å². The number of nitrogens with two attached hydrogens (primary N) is 1. The third kappa shape index (κ3) is 1.93. The first-order valence-electron chi connectivity index (χ1n) is 3.47. The van der Waals surface area contributed by atoms with Crippen LogP contribution >= 0.6 is 11.3 Å². The normalized spacial score (nSPS) is 9.42. The summed E-state index contributed by atoms with van der Waals surface area (Å²) >= 11 is 1.46. The number of rotatable bonds is 3. The second kappa shape index (κ2) is 4.04. The molecule has 0 saturated carbocycles. The van der Waals surface area contributed by atoms with E-state index < -0.39 is 0 Å². The van der Waals surface area contributed by atoms with Gasteiger partial charge < -0.3 is 11.1 Å². The van der Waals surface area contributed by atoms with Gasteiger partial charge in [-0.05, 0) is 17.5 Å². The number of anilines is 1. The maximum atomic E-state index is 10.9. The quantitative estimate of drug-likeness (QED) is 0.693. The third-order valence-electron chi connectivity index (χ3n) is 1.39. The van der Waals surface area contributed by atoms with Gasteiger partial charge in [-0.2, -0.15) is 0 Å². The summed E-state index contributed by atoms with van der Waals surface area (Å²) in [6.07, 6.45) is 1.24. The molecule has 1 heterocycles. The highest BCUT2D eigenvalue weighted by Gasteiger charge is 2.03. The van der Waals surface area contributed by atoms with Crippen molar-refractivity contribution in [3.05, 3.63) is 29.7 Å². The average molecular weight is 182 g/mol. The Morgan fingerprint density at radius 1 is 1.83 bits per heavy atom. The molecule has 0 fully saturated rings. The molecule has 4 heteroatoms. The number of carbonyl (C=O) groups is 1. The van der Waals surface area contributed by atoms with E-state index in [1.54, 1.807) is 0 Å². The number of hydrogen-bond donors (Lipinski definition) is 2. The molecule has 1 amide bonds. The Morgan fingerprint density at radius 2 is 2.58 bits per heavy atom. The van der Waals surface area contributed by atoms with Crippen molar-refractivity contribution < 1.29 is 4.79 Å². The first kappa shape index (κ1) is 8.96. The van der Waals surface area contributed by atoms with Gasteiger partial charge in [-0.1, -0.05) is 6.58 Å². The lowest BCUT2D eigenvalue weighted by atomic mass is 10.3. The Morgan fingerprint density at radius 3 is 3.17 bits per heavy atom. The minimum absolute atomic E-state index is 0.202. The highest BCUT2D eigenvalue weighted by atomic mass is 32.1. The van der Waals surface area contributed by atoms with E-state index >= 15 is 0 Å². The molecule has 64 valence electrons. The highest BCUT2D eigenvalue weighted by Crippen LogP contribution is 2.22. The third-order valence-corrected chi connectivity index (χ3v) is 2.26. The molecule has 0 saturated heterocycles. The number of thiophene rings is 1. The summed E-state index contributed by atoms with van der Waals surface area (Å²) < 4.78 is 0. The summed E-state index contributed by atoms with van der Waals surface area (Å²) in [7, 11) is 0. The topological polar surface area (TPSA) is 55.1 Å². The van der Waals surface area contributed by atoms with Gasteiger partial charge in [0, 0.05) is 12.1 Å². The maximum Gasteiger partial charge on any atom is 0.248 e. The van der Waals surface area contributed by atoms with E-state index in [1.165, 1.54) is 17.4 Å². The molecule has 0 radical (unpaired) electrons. The van der Waals surface area contributed by atoms with Crippen molar-refractivity contribution in [1.29, 1.82) is 0 Å². The SMILES string of the molecule is C=CC(=O)Nc1sccc1CN. The van der Waals surface area contributed by atoms with Gasteiger partial charge in [0.2, 0.25) is 5.91 Å². The second-order valence-electron chi connectivity index (χ2n) is 2.17. The molecule has 0 atom stereocenters. The van der Waals surface area contributed by atoms with Crippen LogP contribution in [-0.2, 0) is 11.3 Å². The van der Waals surface area contributed by atoms with Crippen molar-refractivity contribution in [2.75, 3.05) is 5.32 Å². The lowest BCUT2D eigenvalue weighted by Gasteiger charge is -2.00. The van der Waals surface area contributed by atoms with Crippen LogP contribution in [0.1, 0.15) is 5.56 Å². The smallest absolute Gasteiger partial charge is 0.248 e. The molecule has 0 aliphatic carbocycles. The number of nitrogens with one attached hydrogen (secondary N) is 1. The zero-order valence-electron chi connectivity index (χ0n) is 6.54. The van der Waals surface area contributed by atoms with E-state index in [9.17, 15) is 4.79 Å². The zero-order valence-corrected chi connectivity index (χ0v) is 7.36. The van der Waals surface area contributed by atoms with Crippen molar-refractivity contribution in [3.8, 4) is 0 Å². The van der Waals surface area contributed by atoms with Crippen LogP contribution in [0.4, 0.5) is 5.00 Å². The van der Waals surface area contributed by atoms with Crippen LogP contribution < -0.4 is 11.1 Å². The van der Waals surface area contributed by atoms with Crippen LogP contribution in [0, 0.1) is 0 Å². The largest absolute Gasteiger partial charge is 0.326 e. The first-order chi connectivity index (χ1) is 5.77. The van der Waals surface area contributed by atoms with Crippen molar-refractivity contribution in [3.63, 3.8) is 0 Å². The Balaban J connectivity index is 2.74. The van der Waals surface area contributed by atoms with E-state index in [0.717, 1.165) is 10.6 Å². The molecule has 1 rings (SSSR count). The van der Waals surface area contributed by atoms with Gasteiger partial charge in [-0.25, -0.2) is 0 Å². The maximum absolute atomic E-state index is 10.9. The van der Waals surface area contributed by atoms with Crippen molar-refractivity contribution in [1.82, 2.24) is 0 Å². The second-order valence-corrected chi connectivity index (χ2v) is 3.09. The van der Waals surface area contributed by atoms with Gasteiger partial charge in [-0.15, -0.1) is 11.3 Å². The minimum atomic E-state index is -0.202. The predicted molar refractivity (Wildman–Crippen MR) is 51.0 cm³/mol. The minimum Gasteiger partial charge on any atom is -0.326 e. The van der Waals surface area contributed by atoms with E-state index in [-0.39, 0.29) is 5.91 Å². The fourth-order valence-corrected chi connectivity index (χ4v) is 1.60.